The van der Waals surface area contributed by atoms with Crippen molar-refractivity contribution in [2.75, 3.05) is 13.1 Å². The number of H-pyrrole nitrogens is 1. The number of rotatable bonds is 5. The van der Waals surface area contributed by atoms with E-state index in [1.54, 1.807) is 13.1 Å². The van der Waals surface area contributed by atoms with Crippen LogP contribution in [0.3, 0.4) is 0 Å². The molecule has 0 bridgehead atoms. The van der Waals surface area contributed by atoms with E-state index in [1.807, 2.05) is 36.3 Å². The molecule has 0 saturated carbocycles. The molecule has 3 heterocycles. The lowest BCUT2D eigenvalue weighted by atomic mass is 9.95. The van der Waals surface area contributed by atoms with Crippen molar-refractivity contribution in [1.82, 2.24) is 19.9 Å². The van der Waals surface area contributed by atoms with E-state index in [9.17, 15) is 9.59 Å². The molecular weight excluding hydrogens is 412 g/mol. The largest absolute Gasteiger partial charge is 0.481 e. The molecule has 1 unspecified atom stereocenters. The number of carbonyl (C=O) groups excluding carboxylic acids is 1. The highest BCUT2D eigenvalue weighted by Crippen LogP contribution is 2.28. The molecule has 1 fully saturated rings. The van der Waals surface area contributed by atoms with Crippen molar-refractivity contribution in [3.8, 4) is 16.5 Å². The molecule has 1 aromatic carbocycles. The summed E-state index contributed by atoms with van der Waals surface area (Å²) in [6, 6.07) is 7.44. The van der Waals surface area contributed by atoms with Crippen molar-refractivity contribution < 1.29 is 9.53 Å². The Morgan fingerprint density at radius 2 is 1.90 bits per heavy atom. The van der Waals surface area contributed by atoms with Gasteiger partial charge in [0.25, 0.3) is 11.5 Å². The number of carbonyl (C=O) groups is 1. The lowest BCUT2D eigenvalue weighted by molar-refractivity contribution is -0.139. The Hall–Kier alpha value is -3.00. The topological polar surface area (TPSA) is 88.2 Å². The molecule has 162 valence electrons. The Bertz CT molecular complexity index is 1100. The van der Waals surface area contributed by atoms with Crippen molar-refractivity contribution >= 4 is 17.2 Å². The number of aromatic nitrogens is 3. The van der Waals surface area contributed by atoms with Crippen molar-refractivity contribution in [1.29, 1.82) is 0 Å². The third-order valence-electron chi connectivity index (χ3n) is 5.46. The van der Waals surface area contributed by atoms with Gasteiger partial charge in [-0.2, -0.15) is 0 Å². The molecule has 0 aliphatic carbocycles. The first-order chi connectivity index (χ1) is 14.9. The van der Waals surface area contributed by atoms with Crippen LogP contribution in [0.25, 0.3) is 10.7 Å². The second kappa shape index (κ2) is 9.01. The van der Waals surface area contributed by atoms with Crippen molar-refractivity contribution in [2.24, 2.45) is 0 Å². The minimum atomic E-state index is -0.552. The van der Waals surface area contributed by atoms with Gasteiger partial charge in [0.15, 0.2) is 6.10 Å². The number of nitrogens with one attached hydrogen (secondary N) is 1. The maximum atomic E-state index is 12.9. The summed E-state index contributed by atoms with van der Waals surface area (Å²) in [4.78, 5) is 38.6. The molecular formula is C23H26N4O3S. The van der Waals surface area contributed by atoms with Crippen LogP contribution in [0.4, 0.5) is 0 Å². The van der Waals surface area contributed by atoms with Crippen LogP contribution in [-0.2, 0) is 4.79 Å². The fourth-order valence-electron chi connectivity index (χ4n) is 4.02. The lowest BCUT2D eigenvalue weighted by Crippen LogP contribution is -2.44. The first-order valence-corrected chi connectivity index (χ1v) is 11.3. The molecule has 0 spiro atoms. The van der Waals surface area contributed by atoms with E-state index in [0.29, 0.717) is 30.4 Å². The molecule has 1 atom stereocenters. The summed E-state index contributed by atoms with van der Waals surface area (Å²) in [5.74, 6) is 1.47. The number of ether oxygens (including phenoxy) is 1. The van der Waals surface area contributed by atoms with Gasteiger partial charge in [0.1, 0.15) is 22.3 Å². The maximum absolute atomic E-state index is 12.9. The van der Waals surface area contributed by atoms with Gasteiger partial charge >= 0.3 is 0 Å². The molecule has 2 aromatic heterocycles. The van der Waals surface area contributed by atoms with Crippen LogP contribution in [0.5, 0.6) is 5.75 Å². The van der Waals surface area contributed by atoms with E-state index in [0.717, 1.165) is 29.0 Å². The van der Waals surface area contributed by atoms with Crippen LogP contribution in [0, 0.1) is 13.8 Å². The number of hydrogen-bond donors (Lipinski definition) is 1. The first-order valence-electron chi connectivity index (χ1n) is 10.4. The van der Waals surface area contributed by atoms with Gasteiger partial charge in [-0.05, 0) is 56.9 Å². The Morgan fingerprint density at radius 1 is 1.19 bits per heavy atom. The zero-order valence-electron chi connectivity index (χ0n) is 17.9. The maximum Gasteiger partial charge on any atom is 0.263 e. The third-order valence-corrected chi connectivity index (χ3v) is 6.26. The second-order valence-corrected chi connectivity index (χ2v) is 8.93. The fraction of sp³-hybridized carbons (Fsp3) is 0.391. The number of amides is 1. The highest BCUT2D eigenvalue weighted by Gasteiger charge is 2.29. The number of benzene rings is 1. The van der Waals surface area contributed by atoms with Gasteiger partial charge in [0.05, 0.1) is 0 Å². The molecule has 1 N–H and O–H groups in total. The average Bonchev–Trinajstić information content (AvgIpc) is 3.27. The quantitative estimate of drug-likeness (QED) is 0.656. The molecule has 8 heteroatoms. The number of aryl methyl sites for hydroxylation is 2. The minimum absolute atomic E-state index is 0.0180. The average molecular weight is 439 g/mol. The van der Waals surface area contributed by atoms with E-state index < -0.39 is 6.10 Å². The van der Waals surface area contributed by atoms with Crippen LogP contribution < -0.4 is 10.3 Å². The van der Waals surface area contributed by atoms with Gasteiger partial charge in [-0.1, -0.05) is 6.07 Å². The molecule has 3 aromatic rings. The van der Waals surface area contributed by atoms with Crippen LogP contribution >= 0.6 is 11.3 Å². The molecule has 1 aliphatic heterocycles. The number of aromatic amines is 1. The number of hydrogen-bond acceptors (Lipinski definition) is 6. The van der Waals surface area contributed by atoms with Crippen LogP contribution in [0.1, 0.15) is 42.6 Å². The summed E-state index contributed by atoms with van der Waals surface area (Å²) >= 11 is 1.46. The zero-order chi connectivity index (χ0) is 22.0. The Kier molecular flexibility index (Phi) is 6.18. The van der Waals surface area contributed by atoms with E-state index in [4.69, 9.17) is 4.74 Å². The predicted molar refractivity (Wildman–Crippen MR) is 121 cm³/mol. The minimum Gasteiger partial charge on any atom is -0.481 e. The molecule has 0 radical (unpaired) electrons. The number of piperidine rings is 1. The third kappa shape index (κ3) is 5.02. The number of likely N-dealkylation sites (tertiary alicyclic amines) is 1. The van der Waals surface area contributed by atoms with Gasteiger partial charge in [0.2, 0.25) is 0 Å². The monoisotopic (exact) mass is 438 g/mol. The second-order valence-electron chi connectivity index (χ2n) is 8.04. The lowest BCUT2D eigenvalue weighted by Gasteiger charge is -2.33. The smallest absolute Gasteiger partial charge is 0.263 e. The Labute approximate surface area is 185 Å². The van der Waals surface area contributed by atoms with Gasteiger partial charge < -0.3 is 14.6 Å². The van der Waals surface area contributed by atoms with Gasteiger partial charge in [0, 0.05) is 36.7 Å². The van der Waals surface area contributed by atoms with Gasteiger partial charge in [-0.15, -0.1) is 11.3 Å². The summed E-state index contributed by atoms with van der Waals surface area (Å²) in [7, 11) is 0. The Balaban J connectivity index is 1.39. The summed E-state index contributed by atoms with van der Waals surface area (Å²) in [6.45, 7) is 7.03. The van der Waals surface area contributed by atoms with E-state index in [-0.39, 0.29) is 17.4 Å². The number of nitrogens with zero attached hydrogens (tertiary/aromatic N) is 3. The van der Waals surface area contributed by atoms with Crippen LogP contribution in [-0.4, -0.2) is 45.0 Å². The van der Waals surface area contributed by atoms with Crippen molar-refractivity contribution in [3.63, 3.8) is 0 Å². The predicted octanol–water partition coefficient (Wildman–Crippen LogP) is 3.68. The fourth-order valence-corrected chi connectivity index (χ4v) is 4.61. The summed E-state index contributed by atoms with van der Waals surface area (Å²) < 4.78 is 5.92. The molecule has 7 nitrogen and oxygen atoms in total. The zero-order valence-corrected chi connectivity index (χ0v) is 18.7. The van der Waals surface area contributed by atoms with E-state index in [2.05, 4.69) is 21.0 Å². The SMILES string of the molecule is Cc1cc(C)cc(OC(C)C(=O)N2CCC(c3nc(-c4nccs4)cc(=O)[nH]3)CC2)c1. The normalized spacial score (nSPS) is 15.6. The highest BCUT2D eigenvalue weighted by atomic mass is 32.1. The summed E-state index contributed by atoms with van der Waals surface area (Å²) in [5.41, 5.74) is 2.64. The number of thiazole rings is 1. The standard InChI is InChI=1S/C23H26N4O3S/c1-14-10-15(2)12-18(11-14)30-16(3)23(29)27-7-4-17(5-8-27)21-25-19(13-20(28)26-21)22-24-6-9-31-22/h6,9-13,16-17H,4-5,7-8H2,1-3H3,(H,25,26,28). The van der Waals surface area contributed by atoms with Crippen LogP contribution in [0.2, 0.25) is 0 Å². The van der Waals surface area contributed by atoms with Crippen LogP contribution in [0.15, 0.2) is 40.6 Å². The summed E-state index contributed by atoms with van der Waals surface area (Å²) in [6.07, 6.45) is 2.64. The first kappa shape index (κ1) is 21.2. The molecule has 1 amide bonds. The highest BCUT2D eigenvalue weighted by molar-refractivity contribution is 7.13. The Morgan fingerprint density at radius 3 is 2.55 bits per heavy atom. The van der Waals surface area contributed by atoms with E-state index in [1.165, 1.54) is 17.4 Å². The summed E-state index contributed by atoms with van der Waals surface area (Å²) in [5, 5.41) is 2.60. The molecule has 1 aliphatic rings. The van der Waals surface area contributed by atoms with Gasteiger partial charge in [-0.25, -0.2) is 9.97 Å². The molecule has 1 saturated heterocycles. The van der Waals surface area contributed by atoms with Crippen molar-refractivity contribution in [2.45, 2.75) is 45.6 Å². The van der Waals surface area contributed by atoms with Gasteiger partial charge in [-0.3, -0.25) is 9.59 Å². The molecule has 4 rings (SSSR count). The van der Waals surface area contributed by atoms with E-state index >= 15 is 0 Å². The molecule has 31 heavy (non-hydrogen) atoms. The van der Waals surface area contributed by atoms with Crippen molar-refractivity contribution in [3.05, 3.63) is 63.1 Å².